The van der Waals surface area contributed by atoms with E-state index >= 15 is 0 Å². The summed E-state index contributed by atoms with van der Waals surface area (Å²) >= 11 is 5.53. The third-order valence-electron chi connectivity index (χ3n) is 1.85. The molecule has 0 aromatic carbocycles. The molecule has 2 atom stereocenters. The first-order chi connectivity index (χ1) is 9.05. The number of methoxy groups -OCH3 is 1. The van der Waals surface area contributed by atoms with Gasteiger partial charge in [0, 0.05) is 0 Å². The van der Waals surface area contributed by atoms with E-state index in [1.807, 2.05) is 0 Å². The van der Waals surface area contributed by atoms with Crippen molar-refractivity contribution in [2.45, 2.75) is 51.3 Å². The summed E-state index contributed by atoms with van der Waals surface area (Å²) in [4.78, 5) is 34.5. The summed E-state index contributed by atoms with van der Waals surface area (Å²) in [6.07, 6.45) is -1.22. The largest absolute Gasteiger partial charge is 0.469 e. The molecule has 0 saturated carbocycles. The van der Waals surface area contributed by atoms with Crippen molar-refractivity contribution < 1.29 is 28.6 Å². The van der Waals surface area contributed by atoms with E-state index < -0.39 is 35.2 Å². The molecule has 0 rings (SSSR count). The molecule has 1 unspecified atom stereocenters. The Morgan fingerprint density at radius 3 is 2.20 bits per heavy atom. The summed E-state index contributed by atoms with van der Waals surface area (Å²) in [7, 11) is 1.17. The van der Waals surface area contributed by atoms with E-state index in [1.165, 1.54) is 14.0 Å². The zero-order valence-electron chi connectivity index (χ0n) is 12.2. The summed E-state index contributed by atoms with van der Waals surface area (Å²) < 4.78 is 14.2. The van der Waals surface area contributed by atoms with Crippen molar-refractivity contribution in [3.63, 3.8) is 0 Å². The number of hydrogen-bond donors (Lipinski definition) is 1. The van der Waals surface area contributed by atoms with E-state index in [0.717, 1.165) is 0 Å². The van der Waals surface area contributed by atoms with E-state index in [9.17, 15) is 14.4 Å². The van der Waals surface area contributed by atoms with Gasteiger partial charge in [0.1, 0.15) is 11.6 Å². The molecule has 1 N–H and O–H groups in total. The number of hydrogen-bond acceptors (Lipinski definition) is 6. The number of nitrogens with one attached hydrogen (secondary N) is 1. The fourth-order valence-corrected chi connectivity index (χ4v) is 1.22. The molecule has 0 aromatic heterocycles. The van der Waals surface area contributed by atoms with E-state index in [2.05, 4.69) is 10.1 Å². The average molecular weight is 310 g/mol. The van der Waals surface area contributed by atoms with Gasteiger partial charge in [-0.1, -0.05) is 11.6 Å². The zero-order chi connectivity index (χ0) is 15.9. The van der Waals surface area contributed by atoms with Crippen LogP contribution >= 0.6 is 11.6 Å². The highest BCUT2D eigenvalue weighted by Gasteiger charge is 2.28. The maximum Gasteiger partial charge on any atom is 0.408 e. The van der Waals surface area contributed by atoms with Crippen LogP contribution in [0.4, 0.5) is 4.79 Å². The van der Waals surface area contributed by atoms with Crippen molar-refractivity contribution in [1.29, 1.82) is 0 Å². The van der Waals surface area contributed by atoms with Gasteiger partial charge in [-0.25, -0.2) is 9.59 Å². The minimum Gasteiger partial charge on any atom is -0.469 e. The number of rotatable bonds is 5. The van der Waals surface area contributed by atoms with Crippen LogP contribution in [0.1, 0.15) is 34.1 Å². The Morgan fingerprint density at radius 2 is 1.80 bits per heavy atom. The van der Waals surface area contributed by atoms with Gasteiger partial charge in [-0.05, 0) is 27.7 Å². The maximum atomic E-state index is 11.7. The molecule has 1 amide bonds. The Balaban J connectivity index is 4.72. The van der Waals surface area contributed by atoms with Gasteiger partial charge in [0.05, 0.1) is 13.5 Å². The lowest BCUT2D eigenvalue weighted by Gasteiger charge is -2.22. The number of amides is 1. The normalized spacial score (nSPS) is 13.9. The Labute approximate surface area is 122 Å². The molecular weight excluding hydrogens is 290 g/mol. The molecule has 8 heteroatoms. The lowest BCUT2D eigenvalue weighted by molar-refractivity contribution is -0.152. The first-order valence-corrected chi connectivity index (χ1v) is 6.39. The summed E-state index contributed by atoms with van der Waals surface area (Å²) in [6.45, 7) is 6.44. The van der Waals surface area contributed by atoms with Crippen LogP contribution in [0.2, 0.25) is 0 Å². The van der Waals surface area contributed by atoms with Crippen molar-refractivity contribution in [3.8, 4) is 0 Å². The van der Waals surface area contributed by atoms with Gasteiger partial charge in [0.2, 0.25) is 0 Å². The first kappa shape index (κ1) is 18.5. The van der Waals surface area contributed by atoms with Crippen LogP contribution in [0.15, 0.2) is 0 Å². The highest BCUT2D eigenvalue weighted by atomic mass is 35.5. The van der Waals surface area contributed by atoms with Crippen molar-refractivity contribution >= 4 is 29.6 Å². The standard InChI is InChI=1S/C12H20ClNO6/c1-7(13)19-10(16)8(6-9(15)18-5)14-11(17)20-12(2,3)4/h7-8H,6H2,1-5H3,(H,14,17)/t7?,8-/m0/s1. The SMILES string of the molecule is COC(=O)C[C@H](NC(=O)OC(C)(C)C)C(=O)OC(C)Cl. The van der Waals surface area contributed by atoms with E-state index in [4.69, 9.17) is 21.1 Å². The Hall–Kier alpha value is -1.50. The summed E-state index contributed by atoms with van der Waals surface area (Å²) in [5.74, 6) is -1.52. The lowest BCUT2D eigenvalue weighted by Crippen LogP contribution is -2.45. The maximum absolute atomic E-state index is 11.7. The van der Waals surface area contributed by atoms with Crippen molar-refractivity contribution in [2.75, 3.05) is 7.11 Å². The molecule has 0 aliphatic carbocycles. The van der Waals surface area contributed by atoms with Gasteiger partial charge in [-0.3, -0.25) is 4.79 Å². The molecule has 0 fully saturated rings. The van der Waals surface area contributed by atoms with Crippen LogP contribution in [0, 0.1) is 0 Å². The minimum atomic E-state index is -1.22. The first-order valence-electron chi connectivity index (χ1n) is 5.96. The second-order valence-corrected chi connectivity index (χ2v) is 5.57. The monoisotopic (exact) mass is 309 g/mol. The van der Waals surface area contributed by atoms with Crippen molar-refractivity contribution in [2.24, 2.45) is 0 Å². The quantitative estimate of drug-likeness (QED) is 0.471. The second-order valence-electron chi connectivity index (χ2n) is 4.96. The van der Waals surface area contributed by atoms with Crippen LogP contribution in [-0.4, -0.2) is 42.3 Å². The number of alkyl carbamates (subject to hydrolysis) is 1. The van der Waals surface area contributed by atoms with Gasteiger partial charge in [0.15, 0.2) is 5.56 Å². The van der Waals surface area contributed by atoms with E-state index in [0.29, 0.717) is 0 Å². The third-order valence-corrected chi connectivity index (χ3v) is 1.94. The molecule has 0 aromatic rings. The van der Waals surface area contributed by atoms with Gasteiger partial charge >= 0.3 is 18.0 Å². The molecule has 0 spiro atoms. The molecule has 20 heavy (non-hydrogen) atoms. The lowest BCUT2D eigenvalue weighted by atomic mass is 10.2. The van der Waals surface area contributed by atoms with Crippen molar-refractivity contribution in [1.82, 2.24) is 5.32 Å². The third kappa shape index (κ3) is 8.58. The fraction of sp³-hybridized carbons (Fsp3) is 0.750. The van der Waals surface area contributed by atoms with Gasteiger partial charge in [0.25, 0.3) is 0 Å². The summed E-state index contributed by atoms with van der Waals surface area (Å²) in [5, 5.41) is 2.25. The summed E-state index contributed by atoms with van der Waals surface area (Å²) in [5.41, 5.74) is -1.62. The van der Waals surface area contributed by atoms with Crippen LogP contribution in [0.3, 0.4) is 0 Å². The molecular formula is C12H20ClNO6. The second kappa shape index (κ2) is 7.94. The molecule has 0 aliphatic heterocycles. The van der Waals surface area contributed by atoms with E-state index in [1.54, 1.807) is 20.8 Å². The van der Waals surface area contributed by atoms with Gasteiger partial charge < -0.3 is 19.5 Å². The topological polar surface area (TPSA) is 90.9 Å². The fourth-order valence-electron chi connectivity index (χ4n) is 1.14. The average Bonchev–Trinajstić information content (AvgIpc) is 2.24. The highest BCUT2D eigenvalue weighted by molar-refractivity contribution is 6.20. The van der Waals surface area contributed by atoms with Crippen LogP contribution in [0.25, 0.3) is 0 Å². The molecule has 0 aliphatic rings. The predicted octanol–water partition coefficient (Wildman–Crippen LogP) is 1.57. The molecule has 0 heterocycles. The highest BCUT2D eigenvalue weighted by Crippen LogP contribution is 2.09. The van der Waals surface area contributed by atoms with E-state index in [-0.39, 0.29) is 6.42 Å². The number of carbonyl (C=O) groups excluding carboxylic acids is 3. The molecule has 0 saturated heterocycles. The Bertz CT molecular complexity index is 363. The predicted molar refractivity (Wildman–Crippen MR) is 71.2 cm³/mol. The number of ether oxygens (including phenoxy) is 3. The van der Waals surface area contributed by atoms with Crippen LogP contribution in [0.5, 0.6) is 0 Å². The number of carbonyl (C=O) groups is 3. The Morgan fingerprint density at radius 1 is 1.25 bits per heavy atom. The smallest absolute Gasteiger partial charge is 0.408 e. The molecule has 0 radical (unpaired) electrons. The van der Waals surface area contributed by atoms with Gasteiger partial charge in [-0.15, -0.1) is 0 Å². The van der Waals surface area contributed by atoms with Crippen LogP contribution < -0.4 is 5.32 Å². The molecule has 7 nitrogen and oxygen atoms in total. The van der Waals surface area contributed by atoms with Gasteiger partial charge in [-0.2, -0.15) is 0 Å². The number of esters is 2. The number of halogens is 1. The molecule has 116 valence electrons. The van der Waals surface area contributed by atoms with Crippen molar-refractivity contribution in [3.05, 3.63) is 0 Å². The zero-order valence-corrected chi connectivity index (χ0v) is 12.9. The minimum absolute atomic E-state index is 0.377. The van der Waals surface area contributed by atoms with Crippen LogP contribution in [-0.2, 0) is 23.8 Å². The summed E-state index contributed by atoms with van der Waals surface area (Å²) in [6, 6.07) is -1.22. The number of alkyl halides is 1. The Kier molecular flexibility index (Phi) is 7.34. The molecule has 0 bridgehead atoms.